The summed E-state index contributed by atoms with van der Waals surface area (Å²) in [5.74, 6) is 0.646. The lowest BCUT2D eigenvalue weighted by atomic mass is 10.1. The van der Waals surface area contributed by atoms with Crippen LogP contribution >= 0.6 is 11.3 Å². The van der Waals surface area contributed by atoms with Crippen LogP contribution in [0.5, 0.6) is 11.5 Å². The molecule has 0 aliphatic rings. The fraction of sp³-hybridized carbons (Fsp3) is 0.323. The van der Waals surface area contributed by atoms with E-state index >= 15 is 0 Å². The van der Waals surface area contributed by atoms with E-state index in [9.17, 15) is 14.4 Å². The molecule has 0 spiro atoms. The first-order chi connectivity index (χ1) is 19.8. The Hall–Kier alpha value is -4.31. The van der Waals surface area contributed by atoms with Crippen molar-refractivity contribution >= 4 is 34.9 Å². The maximum absolute atomic E-state index is 13.6. The van der Waals surface area contributed by atoms with Crippen LogP contribution in [0.3, 0.4) is 0 Å². The second-order valence-electron chi connectivity index (χ2n) is 9.18. The van der Waals surface area contributed by atoms with Crippen molar-refractivity contribution in [2.75, 3.05) is 45.8 Å². The molecular formula is C31H37N3O6S. The number of nitrogens with zero attached hydrogens (tertiary/aromatic N) is 2. The quantitative estimate of drug-likeness (QED) is 0.199. The van der Waals surface area contributed by atoms with Crippen LogP contribution in [-0.4, -0.2) is 68.2 Å². The minimum atomic E-state index is -0.450. The van der Waals surface area contributed by atoms with Gasteiger partial charge < -0.3 is 29.3 Å². The molecular weight excluding hydrogens is 542 g/mol. The van der Waals surface area contributed by atoms with Gasteiger partial charge in [0.1, 0.15) is 6.54 Å². The second kappa shape index (κ2) is 15.5. The fourth-order valence-electron chi connectivity index (χ4n) is 4.08. The van der Waals surface area contributed by atoms with Crippen molar-refractivity contribution in [3.63, 3.8) is 0 Å². The van der Waals surface area contributed by atoms with Crippen LogP contribution in [0.1, 0.15) is 33.3 Å². The third-order valence-electron chi connectivity index (χ3n) is 6.38. The summed E-state index contributed by atoms with van der Waals surface area (Å²) in [7, 11) is 3.18. The molecule has 1 N–H and O–H groups in total. The molecule has 1 heterocycles. The molecule has 0 aliphatic heterocycles. The predicted molar refractivity (Wildman–Crippen MR) is 161 cm³/mol. The van der Waals surface area contributed by atoms with Gasteiger partial charge in [0, 0.05) is 23.7 Å². The lowest BCUT2D eigenvalue weighted by Gasteiger charge is -2.27. The smallest absolute Gasteiger partial charge is 0.338 e. The number of carbonyl (C=O) groups excluding carboxylic acids is 3. The van der Waals surface area contributed by atoms with Crippen LogP contribution in [0.15, 0.2) is 66.6 Å². The largest absolute Gasteiger partial charge is 0.493 e. The lowest BCUT2D eigenvalue weighted by Crippen LogP contribution is -2.44. The van der Waals surface area contributed by atoms with E-state index in [1.54, 1.807) is 67.7 Å². The molecule has 1 aromatic heterocycles. The van der Waals surface area contributed by atoms with E-state index in [1.807, 2.05) is 36.6 Å². The minimum absolute atomic E-state index is 0.130. The number of anilines is 1. The Morgan fingerprint density at radius 3 is 2.34 bits per heavy atom. The predicted octanol–water partition coefficient (Wildman–Crippen LogP) is 5.54. The summed E-state index contributed by atoms with van der Waals surface area (Å²) in [6.07, 6.45) is 2.17. The number of urea groups is 1. The highest BCUT2D eigenvalue weighted by atomic mass is 32.1. The van der Waals surface area contributed by atoms with E-state index in [2.05, 4.69) is 11.9 Å². The van der Waals surface area contributed by atoms with Gasteiger partial charge in [0.15, 0.2) is 11.5 Å². The zero-order valence-electron chi connectivity index (χ0n) is 24.0. The Morgan fingerprint density at radius 2 is 1.73 bits per heavy atom. The van der Waals surface area contributed by atoms with Gasteiger partial charge in [-0.1, -0.05) is 12.1 Å². The van der Waals surface area contributed by atoms with Gasteiger partial charge in [0.2, 0.25) is 5.91 Å². The summed E-state index contributed by atoms with van der Waals surface area (Å²) in [6, 6.07) is 13.7. The summed E-state index contributed by atoms with van der Waals surface area (Å²) in [5.41, 5.74) is 2.99. The van der Waals surface area contributed by atoms with E-state index < -0.39 is 12.0 Å². The van der Waals surface area contributed by atoms with E-state index in [-0.39, 0.29) is 25.6 Å². The highest BCUT2D eigenvalue weighted by Gasteiger charge is 2.22. The van der Waals surface area contributed by atoms with Crippen LogP contribution in [0.2, 0.25) is 0 Å². The third kappa shape index (κ3) is 8.84. The maximum Gasteiger partial charge on any atom is 0.338 e. The molecule has 3 amide bonds. The van der Waals surface area contributed by atoms with Crippen molar-refractivity contribution < 1.29 is 28.6 Å². The Bertz CT molecular complexity index is 1340. The van der Waals surface area contributed by atoms with Gasteiger partial charge in [-0.3, -0.25) is 4.79 Å². The number of amides is 3. The Morgan fingerprint density at radius 1 is 1.00 bits per heavy atom. The Balaban J connectivity index is 1.73. The molecule has 0 unspecified atom stereocenters. The van der Waals surface area contributed by atoms with Gasteiger partial charge in [-0.25, -0.2) is 9.59 Å². The molecule has 0 radical (unpaired) electrons. The summed E-state index contributed by atoms with van der Waals surface area (Å²) in [6.45, 7) is 8.73. The topological polar surface area (TPSA) is 97.4 Å². The average molecular weight is 580 g/mol. The molecule has 41 heavy (non-hydrogen) atoms. The molecule has 2 aromatic carbocycles. The van der Waals surface area contributed by atoms with Gasteiger partial charge in [0.05, 0.1) is 32.9 Å². The third-order valence-corrected chi connectivity index (χ3v) is 7.39. The molecule has 0 atom stereocenters. The first kappa shape index (κ1) is 31.2. The number of benzene rings is 2. The molecule has 0 saturated carbocycles. The normalized spacial score (nSPS) is 10.4. The number of hydrogen-bond donors (Lipinski definition) is 1. The number of hydrogen-bond acceptors (Lipinski definition) is 7. The van der Waals surface area contributed by atoms with Crippen LogP contribution in [0.25, 0.3) is 0 Å². The highest BCUT2D eigenvalue weighted by Crippen LogP contribution is 2.28. The Kier molecular flexibility index (Phi) is 11.8. The van der Waals surface area contributed by atoms with Crippen molar-refractivity contribution in [3.8, 4) is 11.5 Å². The Labute approximate surface area is 245 Å². The monoisotopic (exact) mass is 579 g/mol. The molecule has 0 bridgehead atoms. The molecule has 0 saturated heterocycles. The molecule has 3 rings (SSSR count). The summed E-state index contributed by atoms with van der Waals surface area (Å²) in [4.78, 5) is 42.9. The highest BCUT2D eigenvalue weighted by molar-refractivity contribution is 7.10. The lowest BCUT2D eigenvalue weighted by molar-refractivity contribution is -0.132. The number of nitrogens with one attached hydrogen (secondary N) is 1. The van der Waals surface area contributed by atoms with Crippen molar-refractivity contribution in [2.24, 2.45) is 0 Å². The van der Waals surface area contributed by atoms with Crippen LogP contribution in [0.4, 0.5) is 10.5 Å². The van der Waals surface area contributed by atoms with Crippen molar-refractivity contribution in [1.29, 1.82) is 0 Å². The maximum atomic E-state index is 13.6. The number of ether oxygens (including phenoxy) is 3. The van der Waals surface area contributed by atoms with Gasteiger partial charge >= 0.3 is 12.0 Å². The van der Waals surface area contributed by atoms with Crippen LogP contribution in [-0.2, 0) is 22.5 Å². The molecule has 0 fully saturated rings. The first-order valence-electron chi connectivity index (χ1n) is 13.2. The first-order valence-corrected chi connectivity index (χ1v) is 14.1. The van der Waals surface area contributed by atoms with E-state index in [0.29, 0.717) is 42.3 Å². The number of esters is 1. The molecule has 9 nitrogen and oxygen atoms in total. The van der Waals surface area contributed by atoms with Crippen molar-refractivity contribution in [1.82, 2.24) is 9.80 Å². The molecule has 0 aliphatic carbocycles. The van der Waals surface area contributed by atoms with Crippen molar-refractivity contribution in [3.05, 3.63) is 88.1 Å². The minimum Gasteiger partial charge on any atom is -0.493 e. The van der Waals surface area contributed by atoms with Gasteiger partial charge in [-0.15, -0.1) is 17.9 Å². The van der Waals surface area contributed by atoms with E-state index in [4.69, 9.17) is 14.2 Å². The van der Waals surface area contributed by atoms with Crippen molar-refractivity contribution in [2.45, 2.75) is 26.8 Å². The molecule has 218 valence electrons. The van der Waals surface area contributed by atoms with E-state index in [1.165, 1.54) is 4.90 Å². The standard InChI is InChI=1S/C31H37N3O6S/c1-6-16-34(31(37)32-25-11-9-24(10-12-25)30(36)40-7-2)21-29(35)33(20-28-22(3)15-18-41-28)17-14-23-8-13-26(38-4)27(19-23)39-5/h6,8-13,15,18-19H,1,7,14,16-17,20-21H2,2-5H3,(H,32,37). The summed E-state index contributed by atoms with van der Waals surface area (Å²) < 4.78 is 15.8. The van der Waals surface area contributed by atoms with Crippen LogP contribution in [0, 0.1) is 6.92 Å². The van der Waals surface area contributed by atoms with Gasteiger partial charge in [-0.2, -0.15) is 0 Å². The summed E-state index contributed by atoms with van der Waals surface area (Å²) in [5, 5.41) is 4.80. The number of aryl methyl sites for hydroxylation is 1. The van der Waals surface area contributed by atoms with Gasteiger partial charge in [-0.05, 0) is 79.2 Å². The molecule has 10 heteroatoms. The fourth-order valence-corrected chi connectivity index (χ4v) is 5.00. The van der Waals surface area contributed by atoms with Gasteiger partial charge in [0.25, 0.3) is 0 Å². The van der Waals surface area contributed by atoms with E-state index in [0.717, 1.165) is 16.0 Å². The SMILES string of the molecule is C=CCN(CC(=O)N(CCc1ccc(OC)c(OC)c1)Cc1sccc1C)C(=O)Nc1ccc(C(=O)OCC)cc1. The second-order valence-corrected chi connectivity index (χ2v) is 10.2. The number of methoxy groups -OCH3 is 2. The average Bonchev–Trinajstić information content (AvgIpc) is 3.38. The zero-order chi connectivity index (χ0) is 29.8. The van der Waals surface area contributed by atoms with Crippen LogP contribution < -0.4 is 14.8 Å². The molecule has 3 aromatic rings. The summed E-state index contributed by atoms with van der Waals surface area (Å²) >= 11 is 1.60. The zero-order valence-corrected chi connectivity index (χ0v) is 24.8. The number of thiophene rings is 1. The number of rotatable bonds is 14. The number of carbonyl (C=O) groups is 3.